The molecular weight excluding hydrogens is 537 g/mol. The van der Waals surface area contributed by atoms with E-state index in [2.05, 4.69) is 23.3 Å². The van der Waals surface area contributed by atoms with Crippen LogP contribution in [0.3, 0.4) is 0 Å². The number of hydrogen-bond donors (Lipinski definition) is 2. The molecule has 11 bridgehead atoms. The molecule has 0 radical (unpaired) electrons. The Labute approximate surface area is 174 Å². The Morgan fingerprint density at radius 2 is 1.45 bits per heavy atom. The molecule has 1 aromatic heterocycles. The third-order valence-electron chi connectivity index (χ3n) is 5.46. The Morgan fingerprint density at radius 1 is 0.848 bits per heavy atom. The van der Waals surface area contributed by atoms with Crippen LogP contribution in [0, 0.1) is 11.8 Å². The van der Waals surface area contributed by atoms with Crippen LogP contribution in [0.1, 0.15) is 0 Å². The predicted octanol–water partition coefficient (Wildman–Crippen LogP) is -0.919. The van der Waals surface area contributed by atoms with Gasteiger partial charge in [0.15, 0.2) is 0 Å². The largest absolute Gasteiger partial charge is 0.525 e. The average Bonchev–Trinajstić information content (AvgIpc) is 2.78. The summed E-state index contributed by atoms with van der Waals surface area (Å²) in [6.45, 7) is 0. The highest BCUT2D eigenvalue weighted by Crippen LogP contribution is 2.92. The Bertz CT molecular complexity index is 1440. The van der Waals surface area contributed by atoms with Crippen LogP contribution in [0.2, 0.25) is 0 Å². The molecule has 8 saturated heterocycles. The maximum atomic E-state index is 15.3. The predicted molar refractivity (Wildman–Crippen MR) is 77.9 cm³/mol. The number of nitrogens with zero attached hydrogens (tertiary/aromatic N) is 3. The van der Waals surface area contributed by atoms with E-state index in [-0.39, 0.29) is 5.23 Å². The number of anilines is 1. The van der Waals surface area contributed by atoms with Crippen LogP contribution < -0.4 is 10.9 Å². The van der Waals surface area contributed by atoms with E-state index in [4.69, 9.17) is 27.4 Å². The SMILES string of the molecule is O=c1nc2c(F)c(F)n1C13OC4(OP5(=O)OC1(O5)C4(O)OP1(=O)ON2O1)C1(O)OP(=O)(O1)O3. The number of rotatable bonds is 0. The lowest BCUT2D eigenvalue weighted by atomic mass is 9.95. The lowest BCUT2D eigenvalue weighted by Crippen LogP contribution is -2.84. The topological polar surface area (TPSA) is 222 Å². The number of hydrogen-bond acceptors (Lipinski definition) is 18. The molecule has 11 aliphatic rings. The van der Waals surface area contributed by atoms with Crippen LogP contribution in [0.5, 0.6) is 0 Å². The highest BCUT2D eigenvalue weighted by Gasteiger charge is 3.07. The second-order valence-electron chi connectivity index (χ2n) is 7.20. The van der Waals surface area contributed by atoms with Crippen molar-refractivity contribution in [3.8, 4) is 0 Å². The van der Waals surface area contributed by atoms with Crippen molar-refractivity contribution >= 4 is 29.3 Å². The number of aliphatic hydroxyl groups is 2. The van der Waals surface area contributed by atoms with Crippen molar-refractivity contribution in [2.45, 2.75) is 29.2 Å². The highest BCUT2D eigenvalue weighted by molar-refractivity contribution is 7.51. The Kier molecular flexibility index (Phi) is 2.87. The Balaban J connectivity index is 1.57. The number of aromatic nitrogens is 2. The number of phosphoric acid groups is 3. The molecule has 11 aliphatic heterocycles. The molecular formula is C9H2F2N3O16P3. The van der Waals surface area contributed by atoms with Crippen molar-refractivity contribution in [1.29, 1.82) is 0 Å². The second-order valence-corrected chi connectivity index (χ2v) is 11.5. The Hall–Kier alpha value is -1.25. The summed E-state index contributed by atoms with van der Waals surface area (Å²) in [5.41, 5.74) is -1.85. The van der Waals surface area contributed by atoms with Gasteiger partial charge in [-0.3, -0.25) is 4.74 Å². The van der Waals surface area contributed by atoms with Crippen LogP contribution in [0.25, 0.3) is 0 Å². The highest BCUT2D eigenvalue weighted by atomic mass is 31.2. The molecule has 33 heavy (non-hydrogen) atoms. The van der Waals surface area contributed by atoms with Gasteiger partial charge in [-0.05, 0) is 0 Å². The molecule has 3 spiro atoms. The summed E-state index contributed by atoms with van der Waals surface area (Å²) in [4.78, 5) is 15.9. The fraction of sp³-hybridized carbons (Fsp3) is 0.556. The zero-order chi connectivity index (χ0) is 23.2. The van der Waals surface area contributed by atoms with Gasteiger partial charge in [-0.15, -0.1) is 9.25 Å². The van der Waals surface area contributed by atoms with Crippen LogP contribution in [0.4, 0.5) is 14.6 Å². The van der Waals surface area contributed by atoms with Crippen molar-refractivity contribution < 1.29 is 78.3 Å². The van der Waals surface area contributed by atoms with Gasteiger partial charge in [0, 0.05) is 0 Å². The summed E-state index contributed by atoms with van der Waals surface area (Å²) in [7, 11) is -15.1. The molecule has 2 N–H and O–H groups in total. The van der Waals surface area contributed by atoms with Crippen LogP contribution in [0.15, 0.2) is 4.79 Å². The smallest absolute Gasteiger partial charge is 0.356 e. The van der Waals surface area contributed by atoms with E-state index in [1.54, 1.807) is 0 Å². The van der Waals surface area contributed by atoms with Crippen molar-refractivity contribution in [2.75, 3.05) is 5.23 Å². The summed E-state index contributed by atoms with van der Waals surface area (Å²) in [5, 5.41) is 22.1. The van der Waals surface area contributed by atoms with Gasteiger partial charge in [0.1, 0.15) is 0 Å². The first-order valence-corrected chi connectivity index (χ1v) is 12.6. The fourth-order valence-corrected chi connectivity index (χ4v) is 8.71. The lowest BCUT2D eigenvalue weighted by Gasteiger charge is -2.62. The maximum absolute atomic E-state index is 15.3. The third kappa shape index (κ3) is 1.69. The molecule has 24 heteroatoms. The molecule has 1 aromatic rings. The van der Waals surface area contributed by atoms with E-state index in [0.29, 0.717) is 0 Å². The molecule has 3 atom stereocenters. The molecule has 12 rings (SSSR count). The first kappa shape index (κ1) is 20.0. The summed E-state index contributed by atoms with van der Waals surface area (Å²) in [5.74, 6) is -23.9. The standard InChI is InChI=1S/C9H2F2N3O16P3/c10-1-2(11)13-4(15)12-3(1)14-29-33(20,30-14)22-5(16)6-8(13)21-7(5,25-31(18,23-6)24-6)9(17)27-32(19,26-8)28-9/h16-17H. The number of ether oxygens (including phenoxy) is 1. The van der Waals surface area contributed by atoms with E-state index in [1.165, 1.54) is 0 Å². The minimum atomic E-state index is -5.12. The van der Waals surface area contributed by atoms with E-state index >= 15 is 4.39 Å². The van der Waals surface area contributed by atoms with Gasteiger partial charge < -0.3 is 10.2 Å². The molecule has 8 fully saturated rings. The normalized spacial score (nSPS) is 58.5. The maximum Gasteiger partial charge on any atom is 0.525 e. The first-order valence-electron chi connectivity index (χ1n) is 8.26. The second kappa shape index (κ2) is 4.74. The molecule has 12 heterocycles. The summed E-state index contributed by atoms with van der Waals surface area (Å²) in [6.07, 6.45) is 0. The van der Waals surface area contributed by atoms with E-state index in [9.17, 15) is 33.1 Å². The molecule has 0 amide bonds. The van der Waals surface area contributed by atoms with E-state index < -0.39 is 80.6 Å². The van der Waals surface area contributed by atoms with Gasteiger partial charge in [0.2, 0.25) is 17.6 Å². The first-order chi connectivity index (χ1) is 15.2. The van der Waals surface area contributed by atoms with Crippen molar-refractivity contribution in [3.63, 3.8) is 0 Å². The van der Waals surface area contributed by atoms with Crippen molar-refractivity contribution in [3.05, 3.63) is 22.2 Å². The summed E-state index contributed by atoms with van der Waals surface area (Å²) >= 11 is 0. The molecule has 178 valence electrons. The van der Waals surface area contributed by atoms with Crippen LogP contribution in [-0.4, -0.2) is 43.1 Å². The molecule has 3 unspecified atom stereocenters. The van der Waals surface area contributed by atoms with E-state index in [1.807, 2.05) is 0 Å². The molecule has 0 aromatic carbocycles. The average molecular weight is 539 g/mol. The molecule has 19 nitrogen and oxygen atoms in total. The third-order valence-corrected chi connectivity index (χ3v) is 9.50. The van der Waals surface area contributed by atoms with E-state index in [0.717, 1.165) is 0 Å². The molecule has 0 aliphatic carbocycles. The quantitative estimate of drug-likeness (QED) is 0.300. The van der Waals surface area contributed by atoms with Gasteiger partial charge in [-0.2, -0.15) is 13.8 Å². The zero-order valence-electron chi connectivity index (χ0n) is 14.5. The number of phosphoric ester groups is 2. The minimum absolute atomic E-state index is 0.139. The summed E-state index contributed by atoms with van der Waals surface area (Å²) < 4.78 is 116. The minimum Gasteiger partial charge on any atom is -0.356 e. The number of halogens is 2. The fourth-order valence-electron chi connectivity index (χ4n) is 4.29. The monoisotopic (exact) mass is 539 g/mol. The van der Waals surface area contributed by atoms with Gasteiger partial charge in [0.05, 0.1) is 0 Å². The van der Waals surface area contributed by atoms with Gasteiger partial charge >= 0.3 is 58.4 Å². The number of fused-ring (bicyclic) bond motifs is 1. The van der Waals surface area contributed by atoms with Crippen LogP contribution >= 0.6 is 23.5 Å². The Morgan fingerprint density at radius 3 is 2.12 bits per heavy atom. The van der Waals surface area contributed by atoms with Gasteiger partial charge in [-0.1, -0.05) is 5.23 Å². The van der Waals surface area contributed by atoms with Crippen molar-refractivity contribution in [1.82, 2.24) is 9.55 Å². The van der Waals surface area contributed by atoms with Gasteiger partial charge in [0.25, 0.3) is 0 Å². The molecule has 0 saturated carbocycles. The zero-order valence-corrected chi connectivity index (χ0v) is 17.2. The van der Waals surface area contributed by atoms with Crippen molar-refractivity contribution in [2.24, 2.45) is 0 Å². The lowest BCUT2D eigenvalue weighted by molar-refractivity contribution is -0.535. The summed E-state index contributed by atoms with van der Waals surface area (Å²) in [6, 6.07) is 0. The van der Waals surface area contributed by atoms with Gasteiger partial charge in [-0.25, -0.2) is 54.7 Å². The van der Waals surface area contributed by atoms with Crippen LogP contribution in [-0.2, 0) is 65.3 Å².